The molecular weight excluding hydrogens is 915 g/mol. The third-order valence-electron chi connectivity index (χ3n) is 11.0. The number of carbonyl (C=O) groups excluding carboxylic acids is 1. The van der Waals surface area contributed by atoms with Gasteiger partial charge in [0, 0.05) is 43.0 Å². The molecule has 4 aromatic heterocycles. The average Bonchev–Trinajstić information content (AvgIpc) is 4.01. The van der Waals surface area contributed by atoms with Gasteiger partial charge in [0.25, 0.3) is 0 Å². The lowest BCUT2D eigenvalue weighted by molar-refractivity contribution is -0.0106. The number of nitrogens with one attached hydrogen (secondary N) is 3. The molecule has 0 unspecified atom stereocenters. The molecule has 2 aliphatic heterocycles. The van der Waals surface area contributed by atoms with Crippen molar-refractivity contribution in [1.82, 2.24) is 59.7 Å². The lowest BCUT2D eigenvalue weighted by atomic mass is 10.1. The predicted molar refractivity (Wildman–Crippen MR) is 260 cm³/mol. The normalized spacial score (nSPS) is 18.2. The van der Waals surface area contributed by atoms with Crippen molar-refractivity contribution in [3.8, 4) is 46.4 Å². The summed E-state index contributed by atoms with van der Waals surface area (Å²) in [6.45, 7) is 18.7. The van der Waals surface area contributed by atoms with Crippen LogP contribution in [-0.2, 0) is 15.8 Å². The number of hydrogen-bond donors (Lipinski definition) is 3. The van der Waals surface area contributed by atoms with E-state index in [-0.39, 0.29) is 48.4 Å². The standard InChI is InChI=1S/C27H33FN8O3.C22H25FN8O/c1-26(2,3)36-14-19(13-32-36)33-24-31-16-30-23(34-24)17-7-8-21(18(11-17)12-29)38-22-9-10-35(15-20(22)28)25(37)39-27(4,5)6;1-22(2,3)31-12-16(10-28-31)29-21-27-13-26-20(30-21)14-4-5-18(15(8-14)9-24)32-19-6-7-25-11-17(19)23/h7-8,11,13-14,16,20,22H,9-10,15H2,1-6H3,(H,30,31,33,34);4-5,8,10,12-13,17,19,25H,6-7,11H2,1-3H3,(H,26,27,29,30)/t20-,22+;17-,19+/m11/s1. The number of carbonyl (C=O) groups is 1. The number of aromatic nitrogens is 10. The van der Waals surface area contributed by atoms with Gasteiger partial charge in [0.1, 0.15) is 60.3 Å². The minimum atomic E-state index is -1.43. The molecule has 1 amide bonds. The van der Waals surface area contributed by atoms with Crippen molar-refractivity contribution in [2.24, 2.45) is 0 Å². The number of nitriles is 2. The molecule has 0 bridgehead atoms. The van der Waals surface area contributed by atoms with Crippen LogP contribution in [0.3, 0.4) is 0 Å². The number of benzene rings is 2. The number of rotatable bonds is 10. The Balaban J connectivity index is 0.000000213. The van der Waals surface area contributed by atoms with Gasteiger partial charge in [0.05, 0.1) is 52.5 Å². The van der Waals surface area contributed by atoms with Crippen molar-refractivity contribution < 1.29 is 27.8 Å². The lowest BCUT2D eigenvalue weighted by Crippen LogP contribution is -2.50. The van der Waals surface area contributed by atoms with Crippen LogP contribution in [0.1, 0.15) is 86.3 Å². The molecular formula is C49H58F2N16O4. The van der Waals surface area contributed by atoms with Crippen LogP contribution in [0.4, 0.5) is 36.8 Å². The van der Waals surface area contributed by atoms with E-state index in [1.165, 1.54) is 17.6 Å². The van der Waals surface area contributed by atoms with Gasteiger partial charge in [-0.15, -0.1) is 0 Å². The molecule has 8 rings (SSSR count). The molecule has 0 spiro atoms. The second kappa shape index (κ2) is 21.4. The summed E-state index contributed by atoms with van der Waals surface area (Å²) in [6.07, 6.45) is 6.23. The maximum absolute atomic E-state index is 14.9. The molecule has 6 heterocycles. The van der Waals surface area contributed by atoms with E-state index in [0.29, 0.717) is 59.0 Å². The van der Waals surface area contributed by atoms with Crippen LogP contribution in [0.15, 0.2) is 73.8 Å². The molecule has 372 valence electrons. The smallest absolute Gasteiger partial charge is 0.410 e. The van der Waals surface area contributed by atoms with E-state index >= 15 is 0 Å². The first-order valence-electron chi connectivity index (χ1n) is 23.1. The Morgan fingerprint density at radius 1 is 0.718 bits per heavy atom. The van der Waals surface area contributed by atoms with E-state index in [2.05, 4.69) is 89.0 Å². The molecule has 0 radical (unpaired) electrons. The Morgan fingerprint density at radius 3 is 1.63 bits per heavy atom. The summed E-state index contributed by atoms with van der Waals surface area (Å²) >= 11 is 0. The predicted octanol–water partition coefficient (Wildman–Crippen LogP) is 8.02. The highest BCUT2D eigenvalue weighted by molar-refractivity contribution is 5.68. The van der Waals surface area contributed by atoms with Crippen molar-refractivity contribution in [2.45, 2.75) is 116 Å². The van der Waals surface area contributed by atoms with Crippen molar-refractivity contribution in [2.75, 3.05) is 36.8 Å². The van der Waals surface area contributed by atoms with E-state index in [4.69, 9.17) is 14.2 Å². The minimum absolute atomic E-state index is 0.141. The number of hydrogen-bond acceptors (Lipinski definition) is 17. The maximum atomic E-state index is 14.9. The van der Waals surface area contributed by atoms with Crippen molar-refractivity contribution >= 4 is 29.4 Å². The number of halogens is 2. The summed E-state index contributed by atoms with van der Waals surface area (Å²) in [4.78, 5) is 39.4. The first-order chi connectivity index (χ1) is 33.6. The molecule has 0 aliphatic carbocycles. The molecule has 2 saturated heterocycles. The zero-order valence-corrected chi connectivity index (χ0v) is 41.2. The summed E-state index contributed by atoms with van der Waals surface area (Å²) in [6, 6.07) is 14.2. The molecule has 22 heteroatoms. The van der Waals surface area contributed by atoms with Crippen LogP contribution in [0.2, 0.25) is 0 Å². The Bertz CT molecular complexity index is 2890. The number of likely N-dealkylation sites (tertiary alicyclic amines) is 1. The van der Waals surface area contributed by atoms with Crippen LogP contribution in [0.5, 0.6) is 11.5 Å². The number of piperidine rings is 2. The van der Waals surface area contributed by atoms with Crippen molar-refractivity contribution in [3.05, 3.63) is 85.0 Å². The largest absolute Gasteiger partial charge is 0.486 e. The Hall–Kier alpha value is -7.85. The first-order valence-corrected chi connectivity index (χ1v) is 23.1. The fourth-order valence-corrected chi connectivity index (χ4v) is 7.24. The van der Waals surface area contributed by atoms with Crippen LogP contribution >= 0.6 is 0 Å². The summed E-state index contributed by atoms with van der Waals surface area (Å²) in [5.41, 5.74) is 2.23. The lowest BCUT2D eigenvalue weighted by Gasteiger charge is -2.35. The zero-order valence-electron chi connectivity index (χ0n) is 41.2. The van der Waals surface area contributed by atoms with Crippen molar-refractivity contribution in [1.29, 1.82) is 10.5 Å². The van der Waals surface area contributed by atoms with E-state index in [1.54, 1.807) is 69.6 Å². The first kappa shape index (κ1) is 51.0. The quantitative estimate of drug-likeness (QED) is 0.118. The average molecular weight is 973 g/mol. The fraction of sp³-hybridized carbons (Fsp3) is 0.449. The molecule has 6 aromatic rings. The highest BCUT2D eigenvalue weighted by Crippen LogP contribution is 2.31. The number of nitrogens with zero attached hydrogens (tertiary/aromatic N) is 13. The van der Waals surface area contributed by atoms with Crippen molar-refractivity contribution in [3.63, 3.8) is 0 Å². The van der Waals surface area contributed by atoms with Crippen LogP contribution in [0, 0.1) is 22.7 Å². The van der Waals surface area contributed by atoms with Gasteiger partial charge >= 0.3 is 6.09 Å². The van der Waals surface area contributed by atoms with Gasteiger partial charge < -0.3 is 35.1 Å². The molecule has 2 aromatic carbocycles. The van der Waals surface area contributed by atoms with Gasteiger partial charge in [-0.05, 0) is 112 Å². The summed E-state index contributed by atoms with van der Waals surface area (Å²) in [5, 5.41) is 37.3. The molecule has 0 saturated carbocycles. The molecule has 3 N–H and O–H groups in total. The number of alkyl halides is 2. The molecule has 2 fully saturated rings. The fourth-order valence-electron chi connectivity index (χ4n) is 7.24. The van der Waals surface area contributed by atoms with Gasteiger partial charge in [-0.2, -0.15) is 30.7 Å². The van der Waals surface area contributed by atoms with Crippen LogP contribution in [0.25, 0.3) is 22.8 Å². The monoisotopic (exact) mass is 972 g/mol. The second-order valence-electron chi connectivity index (χ2n) is 19.9. The zero-order chi connectivity index (χ0) is 51.1. The molecule has 4 atom stereocenters. The third kappa shape index (κ3) is 13.5. The number of amides is 1. The Morgan fingerprint density at radius 2 is 1.21 bits per heavy atom. The highest BCUT2D eigenvalue weighted by atomic mass is 19.1. The molecule has 71 heavy (non-hydrogen) atoms. The highest BCUT2D eigenvalue weighted by Gasteiger charge is 2.35. The Kier molecular flexibility index (Phi) is 15.4. The van der Waals surface area contributed by atoms with E-state index in [9.17, 15) is 24.1 Å². The topological polar surface area (TPSA) is 245 Å². The van der Waals surface area contributed by atoms with Gasteiger partial charge in [-0.1, -0.05) is 0 Å². The van der Waals surface area contributed by atoms with Gasteiger partial charge in [0.2, 0.25) is 11.9 Å². The summed E-state index contributed by atoms with van der Waals surface area (Å²) in [5.74, 6) is 2.04. The van der Waals surface area contributed by atoms with E-state index in [0.717, 1.165) is 11.4 Å². The Labute approximate surface area is 410 Å². The molecule has 2 aliphatic rings. The number of anilines is 4. The summed E-state index contributed by atoms with van der Waals surface area (Å²) in [7, 11) is 0. The maximum Gasteiger partial charge on any atom is 0.410 e. The van der Waals surface area contributed by atoms with E-state index in [1.807, 2.05) is 42.5 Å². The summed E-state index contributed by atoms with van der Waals surface area (Å²) < 4.78 is 49.8. The minimum Gasteiger partial charge on any atom is -0.486 e. The SMILES string of the molecule is CC(C)(C)OC(=O)N1CC[C@H](Oc2ccc(-c3ncnc(Nc4cnn(C(C)(C)C)c4)n3)cc2C#N)[C@H](F)C1.CC(C)(C)n1cc(Nc2ncnc(-c3ccc(O[C@H]4CCNC[C@H]4F)c(C#N)c3)n2)cn1. The van der Waals surface area contributed by atoms with Gasteiger partial charge in [-0.25, -0.2) is 33.5 Å². The molecule has 20 nitrogen and oxygen atoms in total. The second-order valence-corrected chi connectivity index (χ2v) is 19.9. The number of ether oxygens (including phenoxy) is 3. The third-order valence-corrected chi connectivity index (χ3v) is 11.0. The van der Waals surface area contributed by atoms with Gasteiger partial charge in [0.15, 0.2) is 17.8 Å². The van der Waals surface area contributed by atoms with Crippen LogP contribution in [-0.4, -0.2) is 117 Å². The van der Waals surface area contributed by atoms with Gasteiger partial charge in [-0.3, -0.25) is 9.36 Å². The van der Waals surface area contributed by atoms with E-state index < -0.39 is 36.2 Å². The van der Waals surface area contributed by atoms with Crippen LogP contribution < -0.4 is 25.4 Å².